The van der Waals surface area contributed by atoms with Crippen molar-refractivity contribution in [2.75, 3.05) is 0 Å². The summed E-state index contributed by atoms with van der Waals surface area (Å²) in [5, 5.41) is 0.126. The van der Waals surface area contributed by atoms with Gasteiger partial charge in [0.25, 0.3) is 0 Å². The van der Waals surface area contributed by atoms with Crippen molar-refractivity contribution in [3.05, 3.63) is 47.0 Å². The fourth-order valence-electron chi connectivity index (χ4n) is 4.02. The minimum Gasteiger partial charge on any atom is -0.448 e. The zero-order valence-electron chi connectivity index (χ0n) is 21.9. The maximum absolute atomic E-state index is 12.7. The molecule has 0 saturated heterocycles. The average molecular weight is 475 g/mol. The van der Waals surface area contributed by atoms with Gasteiger partial charge in [0.05, 0.1) is 6.10 Å². The van der Waals surface area contributed by atoms with Gasteiger partial charge in [-0.3, -0.25) is 0 Å². The van der Waals surface area contributed by atoms with Crippen LogP contribution in [-0.4, -0.2) is 28.2 Å². The van der Waals surface area contributed by atoms with E-state index in [2.05, 4.69) is 92.0 Å². The Labute approximate surface area is 197 Å². The topological polar surface area (TPSA) is 44.8 Å². The van der Waals surface area contributed by atoms with Crippen LogP contribution in [0.1, 0.15) is 78.2 Å². The zero-order chi connectivity index (χ0) is 24.3. The number of benzene rings is 1. The lowest BCUT2D eigenvalue weighted by molar-refractivity contribution is -0.160. The fourth-order valence-corrected chi connectivity index (χ4v) is 6.57. The van der Waals surface area contributed by atoms with Crippen molar-refractivity contribution in [1.82, 2.24) is 0 Å². The molecular formula is C26H42O4Si2. The lowest BCUT2D eigenvalue weighted by Gasteiger charge is -2.50. The van der Waals surface area contributed by atoms with Crippen molar-refractivity contribution in [2.45, 2.75) is 109 Å². The quantitative estimate of drug-likeness (QED) is 0.335. The normalized spacial score (nSPS) is 26.7. The molecule has 1 spiro atoms. The number of hydrogen-bond acceptors (Lipinski definition) is 4. The van der Waals surface area contributed by atoms with Crippen LogP contribution in [0, 0.1) is 0 Å². The van der Waals surface area contributed by atoms with E-state index in [0.717, 1.165) is 5.56 Å². The number of ether oxygens (including phenoxy) is 1. The van der Waals surface area contributed by atoms with Gasteiger partial charge < -0.3 is 13.6 Å². The summed E-state index contributed by atoms with van der Waals surface area (Å²) < 4.78 is 20.1. The second-order valence-corrected chi connectivity index (χ2v) is 22.1. The number of fused-ring (bicyclic) bond motifs is 1. The maximum atomic E-state index is 12.7. The van der Waals surface area contributed by atoms with Crippen molar-refractivity contribution >= 4 is 22.6 Å². The van der Waals surface area contributed by atoms with E-state index in [-0.39, 0.29) is 28.3 Å². The number of carbonyl (C=O) groups excluding carboxylic acids is 1. The highest BCUT2D eigenvalue weighted by Gasteiger charge is 2.56. The molecule has 178 valence electrons. The lowest BCUT2D eigenvalue weighted by atomic mass is 9.76. The predicted octanol–water partition coefficient (Wildman–Crippen LogP) is 7.46. The Hall–Kier alpha value is -1.22. The monoisotopic (exact) mass is 474 g/mol. The standard InChI is InChI=1S/C26H42O4Si2/c1-18-16-26(28-23(18)27)17-21(29-31(8,9)24(2,3)4)19-14-12-13-15-20(19)22(26)30-32(10,11)25(5,6)7/h12-16,21-22H,17H2,1-11H3/t21-,22-,26-/m0/s1. The van der Waals surface area contributed by atoms with Gasteiger partial charge in [-0.2, -0.15) is 0 Å². The Kier molecular flexibility index (Phi) is 6.30. The molecule has 3 atom stereocenters. The summed E-state index contributed by atoms with van der Waals surface area (Å²) in [4.78, 5) is 12.7. The Bertz CT molecular complexity index is 920. The smallest absolute Gasteiger partial charge is 0.334 e. The molecule has 0 fully saturated rings. The van der Waals surface area contributed by atoms with Crippen LogP contribution < -0.4 is 0 Å². The molecule has 0 saturated carbocycles. The predicted molar refractivity (Wildman–Crippen MR) is 136 cm³/mol. The molecule has 4 nitrogen and oxygen atoms in total. The van der Waals surface area contributed by atoms with Gasteiger partial charge in [0.2, 0.25) is 0 Å². The minimum atomic E-state index is -2.15. The Balaban J connectivity index is 2.15. The lowest BCUT2D eigenvalue weighted by Crippen LogP contribution is -2.52. The van der Waals surface area contributed by atoms with Gasteiger partial charge in [0.15, 0.2) is 22.2 Å². The van der Waals surface area contributed by atoms with Crippen LogP contribution in [0.25, 0.3) is 0 Å². The number of rotatable bonds is 4. The van der Waals surface area contributed by atoms with Crippen LogP contribution >= 0.6 is 0 Å². The van der Waals surface area contributed by atoms with E-state index in [4.69, 9.17) is 13.6 Å². The molecular weight excluding hydrogens is 432 g/mol. The van der Waals surface area contributed by atoms with Crippen molar-refractivity contribution < 1.29 is 18.4 Å². The maximum Gasteiger partial charge on any atom is 0.334 e. The van der Waals surface area contributed by atoms with Gasteiger partial charge in [-0.15, -0.1) is 0 Å². The second-order valence-electron chi connectivity index (χ2n) is 12.6. The van der Waals surface area contributed by atoms with Gasteiger partial charge in [-0.1, -0.05) is 65.8 Å². The Morgan fingerprint density at radius 3 is 1.88 bits per heavy atom. The summed E-state index contributed by atoms with van der Waals surface area (Å²) in [6, 6.07) is 8.42. The number of carbonyl (C=O) groups is 1. The van der Waals surface area contributed by atoms with E-state index in [1.165, 1.54) is 5.56 Å². The Morgan fingerprint density at radius 1 is 0.906 bits per heavy atom. The van der Waals surface area contributed by atoms with Crippen LogP contribution in [-0.2, 0) is 18.4 Å². The van der Waals surface area contributed by atoms with E-state index in [9.17, 15) is 4.79 Å². The first-order valence-electron chi connectivity index (χ1n) is 11.8. The van der Waals surface area contributed by atoms with E-state index in [0.29, 0.717) is 12.0 Å². The molecule has 2 aliphatic rings. The third-order valence-corrected chi connectivity index (χ3v) is 17.0. The molecule has 0 bridgehead atoms. The van der Waals surface area contributed by atoms with Gasteiger partial charge in [-0.05, 0) is 60.4 Å². The number of esters is 1. The summed E-state index contributed by atoms with van der Waals surface area (Å²) >= 11 is 0. The molecule has 32 heavy (non-hydrogen) atoms. The number of hydrogen-bond donors (Lipinski definition) is 0. The van der Waals surface area contributed by atoms with Crippen molar-refractivity contribution in [3.8, 4) is 0 Å². The molecule has 0 radical (unpaired) electrons. The molecule has 0 aromatic heterocycles. The van der Waals surface area contributed by atoms with Gasteiger partial charge in [-0.25, -0.2) is 4.79 Å². The van der Waals surface area contributed by atoms with Crippen LogP contribution in [0.4, 0.5) is 0 Å². The van der Waals surface area contributed by atoms with E-state index < -0.39 is 22.2 Å². The van der Waals surface area contributed by atoms with Crippen molar-refractivity contribution in [1.29, 1.82) is 0 Å². The van der Waals surface area contributed by atoms with Gasteiger partial charge in [0.1, 0.15) is 6.10 Å². The first kappa shape index (κ1) is 25.4. The molecule has 0 N–H and O–H groups in total. The van der Waals surface area contributed by atoms with Gasteiger partial charge >= 0.3 is 5.97 Å². The van der Waals surface area contributed by atoms with Crippen molar-refractivity contribution in [3.63, 3.8) is 0 Å². The molecule has 0 unspecified atom stereocenters. The molecule has 1 aliphatic heterocycles. The highest BCUT2D eigenvalue weighted by molar-refractivity contribution is 6.74. The third-order valence-electron chi connectivity index (χ3n) is 8.10. The fraction of sp³-hybridized carbons (Fsp3) is 0.654. The largest absolute Gasteiger partial charge is 0.448 e. The molecule has 3 rings (SSSR count). The van der Waals surface area contributed by atoms with Crippen molar-refractivity contribution in [2.24, 2.45) is 0 Å². The van der Waals surface area contributed by atoms with Crippen LogP contribution in [0.3, 0.4) is 0 Å². The summed E-state index contributed by atoms with van der Waals surface area (Å²) in [6.07, 6.45) is 2.12. The van der Waals surface area contributed by atoms with Gasteiger partial charge in [0, 0.05) is 12.0 Å². The van der Waals surface area contributed by atoms with Crippen LogP contribution in [0.15, 0.2) is 35.9 Å². The first-order chi connectivity index (χ1) is 14.4. The first-order valence-corrected chi connectivity index (χ1v) is 17.6. The SMILES string of the molecule is CC1=C[C@@]2(C[C@H](O[Si](C)(C)C(C)(C)C)c3ccccc3[C@@H]2O[Si](C)(C)C(C)(C)C)OC1=O. The molecule has 1 heterocycles. The van der Waals surface area contributed by atoms with Crippen LogP contribution in [0.2, 0.25) is 36.3 Å². The summed E-state index contributed by atoms with van der Waals surface area (Å²) in [5.41, 5.74) is 2.07. The molecule has 0 amide bonds. The zero-order valence-corrected chi connectivity index (χ0v) is 23.9. The summed E-state index contributed by atoms with van der Waals surface area (Å²) in [7, 11) is -4.20. The van der Waals surface area contributed by atoms with Crippen LogP contribution in [0.5, 0.6) is 0 Å². The van der Waals surface area contributed by atoms with E-state index in [1.54, 1.807) is 0 Å². The highest BCUT2D eigenvalue weighted by Crippen LogP contribution is 2.55. The molecule has 1 aromatic carbocycles. The average Bonchev–Trinajstić information content (AvgIpc) is 2.90. The summed E-state index contributed by atoms with van der Waals surface area (Å²) in [6.45, 7) is 24.4. The third kappa shape index (κ3) is 4.43. The molecule has 6 heteroatoms. The van der Waals surface area contributed by atoms with E-state index >= 15 is 0 Å². The minimum absolute atomic E-state index is 0.0407. The summed E-state index contributed by atoms with van der Waals surface area (Å²) in [5.74, 6) is -0.251. The highest BCUT2D eigenvalue weighted by atomic mass is 28.4. The Morgan fingerprint density at radius 2 is 1.41 bits per heavy atom. The molecule has 1 aliphatic carbocycles. The van der Waals surface area contributed by atoms with E-state index in [1.807, 2.05) is 13.0 Å². The molecule has 1 aromatic rings. The second kappa shape index (κ2) is 7.93.